The largest absolute Gasteiger partial charge is 0.369 e. The molecule has 1 saturated carbocycles. The fourth-order valence-electron chi connectivity index (χ4n) is 6.17. The van der Waals surface area contributed by atoms with Crippen molar-refractivity contribution in [3.05, 3.63) is 101 Å². The molecule has 6 rings (SSSR count). The molecule has 3 aromatic rings. The molecule has 1 fully saturated rings. The fourth-order valence-corrected chi connectivity index (χ4v) is 6.17. The highest BCUT2D eigenvalue weighted by molar-refractivity contribution is 6.02. The second kappa shape index (κ2) is 7.77. The average molecular weight is 427 g/mol. The summed E-state index contributed by atoms with van der Waals surface area (Å²) in [5.74, 6) is 0.290. The van der Waals surface area contributed by atoms with Gasteiger partial charge in [0.25, 0.3) is 0 Å². The minimum atomic E-state index is -0.227. The Kier molecular flexibility index (Phi) is 4.74. The molecule has 2 atom stereocenters. The number of oxime groups is 1. The number of nitrogens with zero attached hydrogens (tertiary/aromatic N) is 2. The molecule has 3 nitrogen and oxygen atoms in total. The summed E-state index contributed by atoms with van der Waals surface area (Å²) in [6, 6.07) is 26.0. The molecule has 0 spiro atoms. The molecule has 162 valence electrons. The van der Waals surface area contributed by atoms with Crippen molar-refractivity contribution < 1.29 is 9.23 Å². The maximum atomic E-state index is 14.5. The van der Waals surface area contributed by atoms with Gasteiger partial charge in [-0.3, -0.25) is 0 Å². The highest BCUT2D eigenvalue weighted by Crippen LogP contribution is 2.58. The molecule has 0 bridgehead atoms. The van der Waals surface area contributed by atoms with E-state index in [0.29, 0.717) is 12.5 Å². The van der Waals surface area contributed by atoms with Crippen LogP contribution in [0.5, 0.6) is 0 Å². The molecule has 2 aliphatic heterocycles. The second-order valence-corrected chi connectivity index (χ2v) is 9.34. The number of fused-ring (bicyclic) bond motifs is 3. The van der Waals surface area contributed by atoms with Gasteiger partial charge in [-0.2, -0.15) is 0 Å². The number of benzene rings is 3. The molecule has 0 radical (unpaired) electrons. The van der Waals surface area contributed by atoms with Crippen LogP contribution in [0.3, 0.4) is 0 Å². The quantitative estimate of drug-likeness (QED) is 0.481. The Balaban J connectivity index is 1.50. The summed E-state index contributed by atoms with van der Waals surface area (Å²) in [5.41, 5.74) is 5.23. The van der Waals surface area contributed by atoms with E-state index in [1.54, 1.807) is 12.1 Å². The Hall–Kier alpha value is -3.14. The minimum absolute atomic E-state index is 0.203. The Bertz CT molecular complexity index is 1140. The smallest absolute Gasteiger partial charge is 0.210 e. The molecule has 3 aliphatic rings. The molecule has 0 saturated heterocycles. The number of hydrogen-bond acceptors (Lipinski definition) is 3. The molecule has 1 aliphatic carbocycles. The van der Waals surface area contributed by atoms with Gasteiger partial charge < -0.3 is 9.74 Å². The number of rotatable bonds is 4. The fraction of sp³-hybridized carbons (Fsp3) is 0.321. The average Bonchev–Trinajstić information content (AvgIpc) is 3.47. The van der Waals surface area contributed by atoms with Crippen LogP contribution in [0.4, 0.5) is 10.1 Å². The Morgan fingerprint density at radius 2 is 1.66 bits per heavy atom. The predicted molar refractivity (Wildman–Crippen MR) is 125 cm³/mol. The molecule has 2 heterocycles. The van der Waals surface area contributed by atoms with E-state index in [0.717, 1.165) is 23.4 Å². The van der Waals surface area contributed by atoms with Crippen LogP contribution in [0.25, 0.3) is 0 Å². The van der Waals surface area contributed by atoms with E-state index in [1.165, 1.54) is 36.8 Å². The molecule has 3 aromatic carbocycles. The van der Waals surface area contributed by atoms with Crippen LogP contribution >= 0.6 is 0 Å². The SMILES string of the molecule is Fc1ccc2c(c1)N(Cc1ccccc1)[C@@H]1ON=C(c3ccccc3)C[C@]21C1CCCC1. The van der Waals surface area contributed by atoms with Gasteiger partial charge in [0, 0.05) is 18.7 Å². The van der Waals surface area contributed by atoms with E-state index in [4.69, 9.17) is 4.84 Å². The highest BCUT2D eigenvalue weighted by atomic mass is 19.1. The third-order valence-electron chi connectivity index (χ3n) is 7.60. The standard InChI is InChI=1S/C28H27FN2O/c29-23-15-16-24-26(17-23)31(19-20-9-3-1-4-10-20)27-28(24,22-13-7-8-14-22)18-25(30-32-27)21-11-5-2-6-12-21/h1-6,9-12,15-17,22,27H,7-8,13-14,18-19H2/t27-,28+/m1/s1. The molecule has 4 heteroatoms. The van der Waals surface area contributed by atoms with Gasteiger partial charge in [0.1, 0.15) is 5.82 Å². The number of halogens is 1. The first-order chi connectivity index (χ1) is 15.8. The summed E-state index contributed by atoms with van der Waals surface area (Å²) in [5, 5.41) is 4.64. The minimum Gasteiger partial charge on any atom is -0.369 e. The van der Waals surface area contributed by atoms with Crippen molar-refractivity contribution in [1.29, 1.82) is 0 Å². The van der Waals surface area contributed by atoms with Crippen molar-refractivity contribution in [3.8, 4) is 0 Å². The maximum Gasteiger partial charge on any atom is 0.210 e. The first-order valence-corrected chi connectivity index (χ1v) is 11.6. The van der Waals surface area contributed by atoms with E-state index in [-0.39, 0.29) is 17.5 Å². The first-order valence-electron chi connectivity index (χ1n) is 11.6. The topological polar surface area (TPSA) is 24.8 Å². The molecule has 0 N–H and O–H groups in total. The monoisotopic (exact) mass is 426 g/mol. The lowest BCUT2D eigenvalue weighted by Crippen LogP contribution is -2.53. The van der Waals surface area contributed by atoms with E-state index < -0.39 is 0 Å². The summed E-state index contributed by atoms with van der Waals surface area (Å²) in [6.07, 6.45) is 5.43. The van der Waals surface area contributed by atoms with E-state index >= 15 is 0 Å². The zero-order valence-corrected chi connectivity index (χ0v) is 18.1. The van der Waals surface area contributed by atoms with Crippen LogP contribution in [-0.4, -0.2) is 11.9 Å². The summed E-state index contributed by atoms with van der Waals surface area (Å²) in [4.78, 5) is 8.63. The molecular weight excluding hydrogens is 399 g/mol. The van der Waals surface area contributed by atoms with Gasteiger partial charge in [-0.15, -0.1) is 0 Å². The lowest BCUT2D eigenvalue weighted by atomic mass is 9.65. The Morgan fingerprint density at radius 1 is 0.938 bits per heavy atom. The van der Waals surface area contributed by atoms with Crippen LogP contribution in [0, 0.1) is 11.7 Å². The van der Waals surface area contributed by atoms with Crippen molar-refractivity contribution in [2.24, 2.45) is 11.1 Å². The normalized spacial score (nSPS) is 24.6. The molecule has 0 unspecified atom stereocenters. The van der Waals surface area contributed by atoms with Crippen molar-refractivity contribution in [3.63, 3.8) is 0 Å². The maximum absolute atomic E-state index is 14.5. The van der Waals surface area contributed by atoms with Crippen LogP contribution in [0.15, 0.2) is 84.0 Å². The van der Waals surface area contributed by atoms with Crippen molar-refractivity contribution in [2.75, 3.05) is 4.90 Å². The van der Waals surface area contributed by atoms with Gasteiger partial charge in [0.05, 0.1) is 11.1 Å². The molecule has 32 heavy (non-hydrogen) atoms. The Morgan fingerprint density at radius 3 is 2.41 bits per heavy atom. The number of hydrogen-bond donors (Lipinski definition) is 0. The van der Waals surface area contributed by atoms with Crippen LogP contribution in [-0.2, 0) is 16.8 Å². The summed E-state index contributed by atoms with van der Waals surface area (Å²) in [6.45, 7) is 0.673. The highest BCUT2D eigenvalue weighted by Gasteiger charge is 2.59. The zero-order chi connectivity index (χ0) is 21.5. The summed E-state index contributed by atoms with van der Waals surface area (Å²) < 4.78 is 14.5. The van der Waals surface area contributed by atoms with E-state index in [9.17, 15) is 4.39 Å². The van der Waals surface area contributed by atoms with Gasteiger partial charge in [0.15, 0.2) is 0 Å². The Labute approximate surface area is 188 Å². The molecule has 0 aromatic heterocycles. The second-order valence-electron chi connectivity index (χ2n) is 9.34. The van der Waals surface area contributed by atoms with Gasteiger partial charge in [-0.25, -0.2) is 4.39 Å². The lowest BCUT2D eigenvalue weighted by molar-refractivity contribution is -0.0287. The van der Waals surface area contributed by atoms with Crippen molar-refractivity contribution in [1.82, 2.24) is 0 Å². The van der Waals surface area contributed by atoms with Gasteiger partial charge in [-0.05, 0) is 47.6 Å². The van der Waals surface area contributed by atoms with Gasteiger partial charge >= 0.3 is 0 Å². The first kappa shape index (κ1) is 19.5. The van der Waals surface area contributed by atoms with E-state index in [1.807, 2.05) is 30.3 Å². The van der Waals surface area contributed by atoms with Crippen LogP contribution < -0.4 is 4.90 Å². The third kappa shape index (κ3) is 3.04. The predicted octanol–water partition coefficient (Wildman–Crippen LogP) is 6.42. The van der Waals surface area contributed by atoms with E-state index in [2.05, 4.69) is 46.5 Å². The molecule has 0 amide bonds. The summed E-state index contributed by atoms with van der Waals surface area (Å²) >= 11 is 0. The van der Waals surface area contributed by atoms with Crippen LogP contribution in [0.2, 0.25) is 0 Å². The van der Waals surface area contributed by atoms with Gasteiger partial charge in [-0.1, -0.05) is 84.7 Å². The third-order valence-corrected chi connectivity index (χ3v) is 7.60. The molecular formula is C28H27FN2O. The van der Waals surface area contributed by atoms with Crippen molar-refractivity contribution >= 4 is 11.4 Å². The lowest BCUT2D eigenvalue weighted by Gasteiger charge is -2.44. The van der Waals surface area contributed by atoms with Gasteiger partial charge in [0.2, 0.25) is 6.23 Å². The van der Waals surface area contributed by atoms with Crippen molar-refractivity contribution in [2.45, 2.75) is 50.3 Å². The number of anilines is 1. The van der Waals surface area contributed by atoms with Crippen LogP contribution in [0.1, 0.15) is 48.8 Å². The summed E-state index contributed by atoms with van der Waals surface area (Å²) in [7, 11) is 0. The zero-order valence-electron chi connectivity index (χ0n) is 18.1.